The van der Waals surface area contributed by atoms with E-state index in [0.717, 1.165) is 19.3 Å². The summed E-state index contributed by atoms with van der Waals surface area (Å²) >= 11 is 5.63. The lowest BCUT2D eigenvalue weighted by Gasteiger charge is -2.15. The third-order valence-corrected chi connectivity index (χ3v) is 2.70. The van der Waals surface area contributed by atoms with Crippen LogP contribution in [-0.2, 0) is 4.79 Å². The first-order chi connectivity index (χ1) is 6.26. The summed E-state index contributed by atoms with van der Waals surface area (Å²) in [7, 11) is 0. The second-order valence-electron chi connectivity index (χ2n) is 3.80. The topological polar surface area (TPSA) is 29.1 Å². The summed E-state index contributed by atoms with van der Waals surface area (Å²) in [4.78, 5) is 11.4. The number of alkyl halides is 1. The van der Waals surface area contributed by atoms with Crippen LogP contribution in [0.1, 0.15) is 39.0 Å². The summed E-state index contributed by atoms with van der Waals surface area (Å²) in [6.45, 7) is 2.08. The van der Waals surface area contributed by atoms with Crippen molar-refractivity contribution in [3.05, 3.63) is 0 Å². The van der Waals surface area contributed by atoms with Crippen molar-refractivity contribution in [1.82, 2.24) is 5.32 Å². The van der Waals surface area contributed by atoms with Crippen molar-refractivity contribution in [1.29, 1.82) is 0 Å². The van der Waals surface area contributed by atoms with Gasteiger partial charge in [-0.3, -0.25) is 4.79 Å². The zero-order valence-electron chi connectivity index (χ0n) is 8.18. The van der Waals surface area contributed by atoms with E-state index in [4.69, 9.17) is 11.6 Å². The predicted molar refractivity (Wildman–Crippen MR) is 54.9 cm³/mol. The Bertz CT molecular complexity index is 168. The zero-order valence-corrected chi connectivity index (χ0v) is 8.94. The SMILES string of the molecule is CCC(CCCl)NC(=O)CC1CC1. The van der Waals surface area contributed by atoms with E-state index in [1.54, 1.807) is 0 Å². The number of amides is 1. The molecule has 0 spiro atoms. The average molecular weight is 204 g/mol. The maximum Gasteiger partial charge on any atom is 0.220 e. The molecule has 0 aromatic heterocycles. The highest BCUT2D eigenvalue weighted by Gasteiger charge is 2.24. The van der Waals surface area contributed by atoms with Crippen LogP contribution in [0.4, 0.5) is 0 Å². The number of halogens is 1. The Morgan fingerprint density at radius 2 is 2.31 bits per heavy atom. The van der Waals surface area contributed by atoms with Gasteiger partial charge in [-0.2, -0.15) is 0 Å². The van der Waals surface area contributed by atoms with Gasteiger partial charge in [0.2, 0.25) is 5.91 Å². The minimum absolute atomic E-state index is 0.208. The van der Waals surface area contributed by atoms with Gasteiger partial charge in [-0.05, 0) is 31.6 Å². The van der Waals surface area contributed by atoms with Crippen LogP contribution >= 0.6 is 11.6 Å². The van der Waals surface area contributed by atoms with Gasteiger partial charge in [-0.25, -0.2) is 0 Å². The second-order valence-corrected chi connectivity index (χ2v) is 4.18. The second kappa shape index (κ2) is 5.48. The Hall–Kier alpha value is -0.240. The molecule has 1 saturated carbocycles. The number of carbonyl (C=O) groups excluding carboxylic acids is 1. The number of hydrogen-bond donors (Lipinski definition) is 1. The summed E-state index contributed by atoms with van der Waals surface area (Å²) in [6.07, 6.45) is 5.05. The first-order valence-electron chi connectivity index (χ1n) is 5.11. The van der Waals surface area contributed by atoms with Crippen molar-refractivity contribution in [2.24, 2.45) is 5.92 Å². The molecule has 0 aromatic carbocycles. The first-order valence-corrected chi connectivity index (χ1v) is 5.65. The molecule has 2 nitrogen and oxygen atoms in total. The standard InChI is InChI=1S/C10H18ClNO/c1-2-9(5-6-11)12-10(13)7-8-3-4-8/h8-9H,2-7H2,1H3,(H,12,13). The molecule has 1 fully saturated rings. The van der Waals surface area contributed by atoms with Gasteiger partial charge in [0, 0.05) is 18.3 Å². The van der Waals surface area contributed by atoms with Crippen molar-refractivity contribution >= 4 is 17.5 Å². The lowest BCUT2D eigenvalue weighted by atomic mass is 10.1. The molecule has 1 amide bonds. The summed E-state index contributed by atoms with van der Waals surface area (Å²) in [5.41, 5.74) is 0. The maximum atomic E-state index is 11.4. The minimum atomic E-state index is 0.208. The zero-order chi connectivity index (χ0) is 9.68. The molecule has 1 rings (SSSR count). The first kappa shape index (κ1) is 10.8. The van der Waals surface area contributed by atoms with Crippen molar-refractivity contribution < 1.29 is 4.79 Å². The highest BCUT2D eigenvalue weighted by Crippen LogP contribution is 2.32. The highest BCUT2D eigenvalue weighted by atomic mass is 35.5. The fraction of sp³-hybridized carbons (Fsp3) is 0.900. The van der Waals surface area contributed by atoms with Crippen LogP contribution in [0.3, 0.4) is 0 Å². The van der Waals surface area contributed by atoms with Gasteiger partial charge in [0.1, 0.15) is 0 Å². The van der Waals surface area contributed by atoms with Gasteiger partial charge >= 0.3 is 0 Å². The normalized spacial score (nSPS) is 18.3. The molecule has 3 heteroatoms. The fourth-order valence-electron chi connectivity index (χ4n) is 1.38. The number of carbonyl (C=O) groups is 1. The van der Waals surface area contributed by atoms with Gasteiger partial charge in [-0.1, -0.05) is 6.92 Å². The fourth-order valence-corrected chi connectivity index (χ4v) is 1.64. The van der Waals surface area contributed by atoms with Crippen molar-refractivity contribution in [2.75, 3.05) is 5.88 Å². The third kappa shape index (κ3) is 4.51. The lowest BCUT2D eigenvalue weighted by Crippen LogP contribution is -2.34. The van der Waals surface area contributed by atoms with Crippen molar-refractivity contribution in [3.8, 4) is 0 Å². The average Bonchev–Trinajstić information content (AvgIpc) is 2.87. The molecule has 0 bridgehead atoms. The maximum absolute atomic E-state index is 11.4. The summed E-state index contributed by atoms with van der Waals surface area (Å²) in [5, 5.41) is 3.02. The Kier molecular flexibility index (Phi) is 4.57. The number of nitrogens with one attached hydrogen (secondary N) is 1. The van der Waals surface area contributed by atoms with Crippen LogP contribution in [0.25, 0.3) is 0 Å². The Morgan fingerprint density at radius 1 is 1.62 bits per heavy atom. The predicted octanol–water partition coefficient (Wildman–Crippen LogP) is 2.31. The van der Waals surface area contributed by atoms with Crippen molar-refractivity contribution in [3.63, 3.8) is 0 Å². The van der Waals surface area contributed by atoms with Crippen LogP contribution in [0.5, 0.6) is 0 Å². The van der Waals surface area contributed by atoms with E-state index in [-0.39, 0.29) is 11.9 Å². The molecule has 0 heterocycles. The van der Waals surface area contributed by atoms with E-state index in [9.17, 15) is 4.79 Å². The van der Waals surface area contributed by atoms with E-state index in [1.165, 1.54) is 12.8 Å². The van der Waals surface area contributed by atoms with Crippen molar-refractivity contribution in [2.45, 2.75) is 45.1 Å². The van der Waals surface area contributed by atoms with E-state index in [0.29, 0.717) is 11.8 Å². The van der Waals surface area contributed by atoms with Gasteiger partial charge in [-0.15, -0.1) is 11.6 Å². The molecule has 1 atom stereocenters. The van der Waals surface area contributed by atoms with Gasteiger partial charge in [0.15, 0.2) is 0 Å². The Morgan fingerprint density at radius 3 is 2.77 bits per heavy atom. The van der Waals surface area contributed by atoms with Crippen LogP contribution in [0.2, 0.25) is 0 Å². The van der Waals surface area contributed by atoms with Crippen LogP contribution in [-0.4, -0.2) is 17.8 Å². The van der Waals surface area contributed by atoms with Gasteiger partial charge in [0.25, 0.3) is 0 Å². The van der Waals surface area contributed by atoms with Gasteiger partial charge in [0.05, 0.1) is 0 Å². The molecule has 76 valence electrons. The van der Waals surface area contributed by atoms with E-state index in [2.05, 4.69) is 12.2 Å². The quantitative estimate of drug-likeness (QED) is 0.660. The summed E-state index contributed by atoms with van der Waals surface area (Å²) in [6, 6.07) is 0.281. The largest absolute Gasteiger partial charge is 0.353 e. The van der Waals surface area contributed by atoms with Crippen LogP contribution in [0, 0.1) is 5.92 Å². The molecule has 0 aliphatic heterocycles. The third-order valence-electron chi connectivity index (χ3n) is 2.49. The number of hydrogen-bond acceptors (Lipinski definition) is 1. The molecular formula is C10H18ClNO. The smallest absolute Gasteiger partial charge is 0.220 e. The molecule has 0 radical (unpaired) electrons. The van der Waals surface area contributed by atoms with E-state index in [1.807, 2.05) is 0 Å². The number of rotatable bonds is 6. The van der Waals surface area contributed by atoms with E-state index >= 15 is 0 Å². The molecular weight excluding hydrogens is 186 g/mol. The molecule has 1 unspecified atom stereocenters. The Labute approximate surface area is 85.0 Å². The molecule has 1 aliphatic rings. The lowest BCUT2D eigenvalue weighted by molar-refractivity contribution is -0.122. The van der Waals surface area contributed by atoms with Crippen LogP contribution < -0.4 is 5.32 Å². The summed E-state index contributed by atoms with van der Waals surface area (Å²) in [5.74, 6) is 1.51. The molecule has 0 saturated heterocycles. The molecule has 1 aliphatic carbocycles. The van der Waals surface area contributed by atoms with Crippen LogP contribution in [0.15, 0.2) is 0 Å². The molecule has 13 heavy (non-hydrogen) atoms. The molecule has 1 N–H and O–H groups in total. The van der Waals surface area contributed by atoms with Gasteiger partial charge < -0.3 is 5.32 Å². The Balaban J connectivity index is 2.14. The molecule has 0 aromatic rings. The summed E-state index contributed by atoms with van der Waals surface area (Å²) < 4.78 is 0. The highest BCUT2D eigenvalue weighted by molar-refractivity contribution is 6.17. The minimum Gasteiger partial charge on any atom is -0.353 e. The monoisotopic (exact) mass is 203 g/mol. The van der Waals surface area contributed by atoms with E-state index < -0.39 is 0 Å².